The molecule has 0 bridgehead atoms. The Labute approximate surface area is 107 Å². The minimum absolute atomic E-state index is 0.883. The van der Waals surface area contributed by atoms with Gasteiger partial charge in [-0.25, -0.2) is 0 Å². The standard InChI is InChI=1S/C17H14O/c18-12-11-17-15-7-3-1-5-13(15)9-10-14-6-2-4-8-16(14)17/h1-8,11-12H,9-10H2. The zero-order valence-corrected chi connectivity index (χ0v) is 10.1. The number of carbonyl (C=O) groups excluding carboxylic acids is 1. The minimum atomic E-state index is 0.883. The normalized spacial score (nSPS) is 13.2. The van der Waals surface area contributed by atoms with E-state index in [0.29, 0.717) is 0 Å². The lowest BCUT2D eigenvalue weighted by Crippen LogP contribution is -1.92. The van der Waals surface area contributed by atoms with Crippen LogP contribution in [0.5, 0.6) is 0 Å². The first-order chi connectivity index (χ1) is 8.90. The molecule has 0 radical (unpaired) electrons. The van der Waals surface area contributed by atoms with Crippen molar-refractivity contribution < 1.29 is 4.79 Å². The van der Waals surface area contributed by atoms with E-state index in [0.717, 1.165) is 24.7 Å². The number of carbonyl (C=O) groups is 1. The summed E-state index contributed by atoms with van der Waals surface area (Å²) in [5, 5.41) is 0. The van der Waals surface area contributed by atoms with Crippen LogP contribution in [0.4, 0.5) is 0 Å². The third-order valence-corrected chi connectivity index (χ3v) is 3.51. The van der Waals surface area contributed by atoms with Gasteiger partial charge >= 0.3 is 0 Å². The van der Waals surface area contributed by atoms with Gasteiger partial charge in [-0.3, -0.25) is 4.79 Å². The molecule has 2 aromatic rings. The molecule has 0 atom stereocenters. The third-order valence-electron chi connectivity index (χ3n) is 3.51. The predicted molar refractivity (Wildman–Crippen MR) is 73.4 cm³/mol. The Balaban J connectivity index is 2.28. The van der Waals surface area contributed by atoms with E-state index in [-0.39, 0.29) is 0 Å². The van der Waals surface area contributed by atoms with Crippen LogP contribution in [-0.4, -0.2) is 6.29 Å². The van der Waals surface area contributed by atoms with E-state index in [9.17, 15) is 4.79 Å². The summed E-state index contributed by atoms with van der Waals surface area (Å²) in [7, 11) is 0. The van der Waals surface area contributed by atoms with Crippen LogP contribution in [0.3, 0.4) is 0 Å². The molecule has 1 aliphatic rings. The molecule has 0 spiro atoms. The Bertz CT molecular complexity index is 574. The number of fused-ring (bicyclic) bond motifs is 2. The minimum Gasteiger partial charge on any atom is -0.299 e. The fourth-order valence-corrected chi connectivity index (χ4v) is 2.66. The number of hydrogen-bond acceptors (Lipinski definition) is 1. The topological polar surface area (TPSA) is 17.1 Å². The van der Waals surface area contributed by atoms with E-state index >= 15 is 0 Å². The summed E-state index contributed by atoms with van der Waals surface area (Å²) in [6.07, 6.45) is 4.63. The summed E-state index contributed by atoms with van der Waals surface area (Å²) < 4.78 is 0. The van der Waals surface area contributed by atoms with Gasteiger partial charge in [-0.2, -0.15) is 0 Å². The molecule has 0 saturated heterocycles. The van der Waals surface area contributed by atoms with E-state index in [4.69, 9.17) is 0 Å². The Kier molecular flexibility index (Phi) is 2.81. The third kappa shape index (κ3) is 1.78. The van der Waals surface area contributed by atoms with Gasteiger partial charge < -0.3 is 0 Å². The molecule has 3 rings (SSSR count). The molecule has 0 unspecified atom stereocenters. The molecule has 18 heavy (non-hydrogen) atoms. The maximum Gasteiger partial charge on any atom is 0.143 e. The largest absolute Gasteiger partial charge is 0.299 e. The van der Waals surface area contributed by atoms with Crippen LogP contribution in [0.25, 0.3) is 5.57 Å². The van der Waals surface area contributed by atoms with E-state index in [1.807, 2.05) is 12.1 Å². The molecule has 0 saturated carbocycles. The summed E-state index contributed by atoms with van der Waals surface area (Å²) in [5.41, 5.74) is 6.07. The van der Waals surface area contributed by atoms with E-state index in [1.54, 1.807) is 6.08 Å². The van der Waals surface area contributed by atoms with E-state index < -0.39 is 0 Å². The Morgan fingerprint density at radius 2 is 1.28 bits per heavy atom. The summed E-state index contributed by atoms with van der Waals surface area (Å²) in [5.74, 6) is 0. The molecular formula is C17H14O. The maximum absolute atomic E-state index is 10.9. The molecule has 1 heteroatoms. The number of benzene rings is 2. The van der Waals surface area contributed by atoms with Gasteiger partial charge in [0, 0.05) is 0 Å². The average Bonchev–Trinajstić information content (AvgIpc) is 2.58. The van der Waals surface area contributed by atoms with Gasteiger partial charge in [0.15, 0.2) is 0 Å². The van der Waals surface area contributed by atoms with Gasteiger partial charge in [-0.1, -0.05) is 48.5 Å². The van der Waals surface area contributed by atoms with Crippen molar-refractivity contribution in [2.24, 2.45) is 0 Å². The molecule has 0 N–H and O–H groups in total. The fourth-order valence-electron chi connectivity index (χ4n) is 2.66. The smallest absolute Gasteiger partial charge is 0.143 e. The van der Waals surface area contributed by atoms with Crippen molar-refractivity contribution in [2.75, 3.05) is 0 Å². The van der Waals surface area contributed by atoms with Crippen LogP contribution in [0.2, 0.25) is 0 Å². The van der Waals surface area contributed by atoms with Crippen molar-refractivity contribution in [3.63, 3.8) is 0 Å². The van der Waals surface area contributed by atoms with Crippen molar-refractivity contribution in [3.8, 4) is 0 Å². The zero-order chi connectivity index (χ0) is 12.4. The van der Waals surface area contributed by atoms with E-state index in [2.05, 4.69) is 36.4 Å². The lowest BCUT2D eigenvalue weighted by Gasteiger charge is -2.10. The van der Waals surface area contributed by atoms with Crippen molar-refractivity contribution in [3.05, 3.63) is 76.9 Å². The number of allylic oxidation sites excluding steroid dienone is 1. The number of rotatable bonds is 1. The first kappa shape index (κ1) is 11.0. The van der Waals surface area contributed by atoms with Crippen LogP contribution >= 0.6 is 0 Å². The summed E-state index contributed by atoms with van der Waals surface area (Å²) in [4.78, 5) is 10.9. The summed E-state index contributed by atoms with van der Waals surface area (Å²) in [6, 6.07) is 16.7. The van der Waals surface area contributed by atoms with Crippen LogP contribution in [0, 0.1) is 0 Å². The van der Waals surface area contributed by atoms with Crippen LogP contribution in [0.1, 0.15) is 22.3 Å². The van der Waals surface area contributed by atoms with Crippen LogP contribution < -0.4 is 0 Å². The maximum atomic E-state index is 10.9. The second-order valence-electron chi connectivity index (χ2n) is 4.53. The van der Waals surface area contributed by atoms with Crippen molar-refractivity contribution >= 4 is 11.9 Å². The molecule has 0 fully saturated rings. The highest BCUT2D eigenvalue weighted by Gasteiger charge is 2.16. The summed E-state index contributed by atoms with van der Waals surface area (Å²) >= 11 is 0. The van der Waals surface area contributed by atoms with E-state index in [1.165, 1.54) is 22.3 Å². The highest BCUT2D eigenvalue weighted by Crippen LogP contribution is 2.32. The monoisotopic (exact) mass is 234 g/mol. The van der Waals surface area contributed by atoms with Crippen molar-refractivity contribution in [1.29, 1.82) is 0 Å². The number of aryl methyl sites for hydroxylation is 2. The molecule has 88 valence electrons. The van der Waals surface area contributed by atoms with Gasteiger partial charge in [-0.15, -0.1) is 0 Å². The lowest BCUT2D eigenvalue weighted by atomic mass is 9.94. The highest BCUT2D eigenvalue weighted by atomic mass is 16.1. The van der Waals surface area contributed by atoms with Gasteiger partial charge in [0.05, 0.1) is 0 Å². The Hall–Kier alpha value is -2.15. The lowest BCUT2D eigenvalue weighted by molar-refractivity contribution is -0.104. The van der Waals surface area contributed by atoms with Crippen molar-refractivity contribution in [2.45, 2.75) is 12.8 Å². The van der Waals surface area contributed by atoms with Gasteiger partial charge in [0.1, 0.15) is 6.29 Å². The number of hydrogen-bond donors (Lipinski definition) is 0. The molecule has 0 aromatic heterocycles. The Morgan fingerprint density at radius 1 is 0.778 bits per heavy atom. The quantitative estimate of drug-likeness (QED) is 0.546. The van der Waals surface area contributed by atoms with Crippen LogP contribution in [0.15, 0.2) is 54.6 Å². The van der Waals surface area contributed by atoms with Crippen molar-refractivity contribution in [1.82, 2.24) is 0 Å². The first-order valence-corrected chi connectivity index (χ1v) is 6.22. The molecule has 0 amide bonds. The average molecular weight is 234 g/mol. The molecule has 1 aliphatic carbocycles. The fraction of sp³-hybridized carbons (Fsp3) is 0.118. The van der Waals surface area contributed by atoms with Crippen LogP contribution in [-0.2, 0) is 17.6 Å². The molecular weight excluding hydrogens is 220 g/mol. The number of aldehydes is 1. The first-order valence-electron chi connectivity index (χ1n) is 6.22. The SMILES string of the molecule is O=CC=C1c2ccccc2CCc2ccccc21. The zero-order valence-electron chi connectivity index (χ0n) is 10.1. The summed E-state index contributed by atoms with van der Waals surface area (Å²) in [6.45, 7) is 0. The molecule has 1 nitrogen and oxygen atoms in total. The predicted octanol–water partition coefficient (Wildman–Crippen LogP) is 3.42. The Morgan fingerprint density at radius 3 is 1.78 bits per heavy atom. The molecule has 2 aromatic carbocycles. The van der Waals surface area contributed by atoms with Gasteiger partial charge in [-0.05, 0) is 46.7 Å². The highest BCUT2D eigenvalue weighted by molar-refractivity contribution is 5.92. The van der Waals surface area contributed by atoms with Gasteiger partial charge in [0.25, 0.3) is 0 Å². The molecule has 0 aliphatic heterocycles. The second-order valence-corrected chi connectivity index (χ2v) is 4.53. The molecule has 0 heterocycles. The van der Waals surface area contributed by atoms with Gasteiger partial charge in [0.2, 0.25) is 0 Å². The second kappa shape index (κ2) is 4.61.